The van der Waals surface area contributed by atoms with Crippen LogP contribution in [0.5, 0.6) is 0 Å². The highest BCUT2D eigenvalue weighted by Crippen LogP contribution is 2.61. The highest BCUT2D eigenvalue weighted by Gasteiger charge is 2.60. The first-order chi connectivity index (χ1) is 14.3. The van der Waals surface area contributed by atoms with Gasteiger partial charge in [0.05, 0.1) is 6.54 Å². The average molecular weight is 428 g/mol. The summed E-state index contributed by atoms with van der Waals surface area (Å²) in [6.07, 6.45) is 6.63. The molecule has 1 aromatic heterocycles. The van der Waals surface area contributed by atoms with Gasteiger partial charge in [0, 0.05) is 43.4 Å². The molecule has 6 rings (SSSR count). The number of nitrogens with zero attached hydrogens (tertiary/aromatic N) is 4. The van der Waals surface area contributed by atoms with Crippen LogP contribution in [0.1, 0.15) is 60.8 Å². The first-order valence-corrected chi connectivity index (χ1v) is 11.3. The summed E-state index contributed by atoms with van der Waals surface area (Å²) >= 11 is 0. The van der Waals surface area contributed by atoms with Crippen molar-refractivity contribution in [3.05, 3.63) is 47.0 Å². The minimum Gasteiger partial charge on any atom is -0.342 e. The maximum atomic E-state index is 13.4. The van der Waals surface area contributed by atoms with Crippen LogP contribution in [-0.4, -0.2) is 45.2 Å². The number of nitrogens with one attached hydrogen (secondary N) is 1. The maximum absolute atomic E-state index is 13.4. The summed E-state index contributed by atoms with van der Waals surface area (Å²) < 4.78 is 2.30. The Bertz CT molecular complexity index is 951. The van der Waals surface area contributed by atoms with E-state index >= 15 is 0 Å². The molecule has 3 heterocycles. The molecule has 6 nitrogen and oxygen atoms in total. The Morgan fingerprint density at radius 2 is 1.97 bits per heavy atom. The quantitative estimate of drug-likeness (QED) is 0.800. The lowest BCUT2D eigenvalue weighted by atomic mass is 9.78. The van der Waals surface area contributed by atoms with E-state index in [4.69, 9.17) is 0 Å². The molecule has 0 radical (unpaired) electrons. The number of likely N-dealkylation sites (tertiary alicyclic amines) is 1. The summed E-state index contributed by atoms with van der Waals surface area (Å²) in [6.45, 7) is 4.48. The molecule has 2 aliphatic carbocycles. The van der Waals surface area contributed by atoms with Crippen molar-refractivity contribution in [2.24, 2.45) is 5.92 Å². The van der Waals surface area contributed by atoms with Gasteiger partial charge in [0.1, 0.15) is 11.6 Å². The van der Waals surface area contributed by atoms with Crippen molar-refractivity contribution in [2.75, 3.05) is 19.6 Å². The van der Waals surface area contributed by atoms with E-state index < -0.39 is 0 Å². The number of aromatic nitrogens is 3. The third-order valence-electron chi connectivity index (χ3n) is 7.82. The van der Waals surface area contributed by atoms with Gasteiger partial charge in [-0.3, -0.25) is 4.79 Å². The first kappa shape index (κ1) is 20.0. The van der Waals surface area contributed by atoms with Crippen molar-refractivity contribution >= 4 is 18.3 Å². The fraction of sp³-hybridized carbons (Fsp3) is 0.609. The molecule has 1 saturated carbocycles. The summed E-state index contributed by atoms with van der Waals surface area (Å²) in [6, 6.07) is 8.82. The molecule has 2 aliphatic heterocycles. The second-order valence-corrected chi connectivity index (χ2v) is 9.33. The molecule has 1 N–H and O–H groups in total. The smallest absolute Gasteiger partial charge is 0.226 e. The van der Waals surface area contributed by atoms with E-state index in [1.807, 2.05) is 0 Å². The van der Waals surface area contributed by atoms with Gasteiger partial charge in [-0.1, -0.05) is 24.3 Å². The summed E-state index contributed by atoms with van der Waals surface area (Å²) in [5.74, 6) is 3.22. The number of fused-ring (bicyclic) bond motifs is 3. The lowest BCUT2D eigenvalue weighted by molar-refractivity contribution is -0.134. The zero-order valence-electron chi connectivity index (χ0n) is 17.3. The van der Waals surface area contributed by atoms with E-state index in [9.17, 15) is 4.79 Å². The predicted octanol–water partition coefficient (Wildman–Crippen LogP) is 2.80. The van der Waals surface area contributed by atoms with Gasteiger partial charge >= 0.3 is 0 Å². The number of aryl methyl sites for hydroxylation is 1. The van der Waals surface area contributed by atoms with Gasteiger partial charge in [-0.05, 0) is 49.7 Å². The Morgan fingerprint density at radius 1 is 1.13 bits per heavy atom. The second kappa shape index (κ2) is 7.65. The number of amides is 1. The zero-order chi connectivity index (χ0) is 19.4. The molecular weight excluding hydrogens is 398 g/mol. The van der Waals surface area contributed by atoms with Crippen LogP contribution >= 0.6 is 12.4 Å². The standard InChI is InChI=1S/C23H29N5O.ClH/c29-22(19-14-23(19)9-3-5-16-4-1-2-6-18(16)23)27-11-7-17(8-12-27)21-26-25-20-15-24-10-13-28(20)21;/h1-2,4,6,17,19,24H,3,5,7-15H2;1H. The molecule has 4 aliphatic rings. The highest BCUT2D eigenvalue weighted by atomic mass is 35.5. The number of carbonyl (C=O) groups is 1. The number of hydrogen-bond acceptors (Lipinski definition) is 4. The summed E-state index contributed by atoms with van der Waals surface area (Å²) in [4.78, 5) is 15.5. The monoisotopic (exact) mass is 427 g/mol. The summed E-state index contributed by atoms with van der Waals surface area (Å²) in [7, 11) is 0. The number of carbonyl (C=O) groups excluding carboxylic acids is 1. The van der Waals surface area contributed by atoms with Crippen LogP contribution in [0.25, 0.3) is 0 Å². The molecule has 1 saturated heterocycles. The predicted molar refractivity (Wildman–Crippen MR) is 117 cm³/mol. The first-order valence-electron chi connectivity index (χ1n) is 11.3. The third-order valence-corrected chi connectivity index (χ3v) is 7.82. The number of halogens is 1. The molecule has 2 unspecified atom stereocenters. The molecule has 2 aromatic rings. The lowest BCUT2D eigenvalue weighted by Crippen LogP contribution is -2.41. The van der Waals surface area contributed by atoms with Gasteiger partial charge < -0.3 is 14.8 Å². The average Bonchev–Trinajstić information content (AvgIpc) is 3.32. The van der Waals surface area contributed by atoms with Crippen LogP contribution < -0.4 is 5.32 Å². The molecule has 0 bridgehead atoms. The van der Waals surface area contributed by atoms with Crippen molar-refractivity contribution in [1.29, 1.82) is 0 Å². The van der Waals surface area contributed by atoms with E-state index in [1.165, 1.54) is 30.4 Å². The molecule has 1 spiro atoms. The van der Waals surface area contributed by atoms with Gasteiger partial charge in [-0.15, -0.1) is 22.6 Å². The van der Waals surface area contributed by atoms with E-state index in [2.05, 4.69) is 49.2 Å². The Morgan fingerprint density at radius 3 is 2.83 bits per heavy atom. The molecule has 1 aromatic carbocycles. The second-order valence-electron chi connectivity index (χ2n) is 9.33. The van der Waals surface area contributed by atoms with Gasteiger partial charge in [0.2, 0.25) is 5.91 Å². The van der Waals surface area contributed by atoms with Crippen LogP contribution in [0, 0.1) is 5.92 Å². The van der Waals surface area contributed by atoms with Crippen LogP contribution in [-0.2, 0) is 29.7 Å². The minimum absolute atomic E-state index is 0. The van der Waals surface area contributed by atoms with Crippen molar-refractivity contribution in [3.63, 3.8) is 0 Å². The fourth-order valence-corrected chi connectivity index (χ4v) is 6.15. The van der Waals surface area contributed by atoms with Crippen molar-refractivity contribution in [1.82, 2.24) is 25.0 Å². The summed E-state index contributed by atoms with van der Waals surface area (Å²) in [5, 5.41) is 12.2. The number of hydrogen-bond donors (Lipinski definition) is 1. The lowest BCUT2D eigenvalue weighted by Gasteiger charge is -2.33. The Labute approximate surface area is 183 Å². The van der Waals surface area contributed by atoms with Crippen LogP contribution in [0.2, 0.25) is 0 Å². The molecular formula is C23H30ClN5O. The maximum Gasteiger partial charge on any atom is 0.226 e. The molecule has 2 atom stereocenters. The molecule has 30 heavy (non-hydrogen) atoms. The number of piperidine rings is 1. The van der Waals surface area contributed by atoms with Crippen molar-refractivity contribution in [3.8, 4) is 0 Å². The van der Waals surface area contributed by atoms with Crippen LogP contribution in [0.3, 0.4) is 0 Å². The fourth-order valence-electron chi connectivity index (χ4n) is 6.15. The van der Waals surface area contributed by atoms with Crippen LogP contribution in [0.15, 0.2) is 24.3 Å². The molecule has 160 valence electrons. The Balaban J connectivity index is 0.00000193. The topological polar surface area (TPSA) is 63.1 Å². The van der Waals surface area contributed by atoms with E-state index in [-0.39, 0.29) is 23.7 Å². The minimum atomic E-state index is 0. The third kappa shape index (κ3) is 3.07. The Hall–Kier alpha value is -1.92. The summed E-state index contributed by atoms with van der Waals surface area (Å²) in [5.41, 5.74) is 3.07. The zero-order valence-corrected chi connectivity index (χ0v) is 18.2. The number of rotatable bonds is 2. The van der Waals surface area contributed by atoms with Gasteiger partial charge in [0.25, 0.3) is 0 Å². The Kier molecular flexibility index (Phi) is 5.10. The van der Waals surface area contributed by atoms with Crippen LogP contribution in [0.4, 0.5) is 0 Å². The van der Waals surface area contributed by atoms with Crippen molar-refractivity contribution in [2.45, 2.75) is 62.9 Å². The molecule has 2 fully saturated rings. The van der Waals surface area contributed by atoms with E-state index in [1.54, 1.807) is 0 Å². The number of benzene rings is 1. The van der Waals surface area contributed by atoms with E-state index in [0.29, 0.717) is 11.8 Å². The molecule has 7 heteroatoms. The molecule has 1 amide bonds. The van der Waals surface area contributed by atoms with Gasteiger partial charge in [0.15, 0.2) is 0 Å². The van der Waals surface area contributed by atoms with E-state index in [0.717, 1.165) is 63.6 Å². The van der Waals surface area contributed by atoms with Crippen molar-refractivity contribution < 1.29 is 4.79 Å². The largest absolute Gasteiger partial charge is 0.342 e. The SMILES string of the molecule is Cl.O=C(C1CC12CCCc1ccccc12)N1CCC(c2nnc3n2CCNC3)CC1. The highest BCUT2D eigenvalue weighted by molar-refractivity contribution is 5.85. The van der Waals surface area contributed by atoms with Gasteiger partial charge in [-0.2, -0.15) is 0 Å². The van der Waals surface area contributed by atoms with Gasteiger partial charge in [-0.25, -0.2) is 0 Å². The normalized spacial score (nSPS) is 27.9.